The molecule has 4 aromatic carbocycles. The Morgan fingerprint density at radius 1 is 1.00 bits per heavy atom. The van der Waals surface area contributed by atoms with Gasteiger partial charge in [0.25, 0.3) is 5.79 Å². The maximum absolute atomic E-state index is 13.4. The molecule has 5 rings (SSSR count). The van der Waals surface area contributed by atoms with Crippen LogP contribution in [0.5, 0.6) is 11.5 Å². The van der Waals surface area contributed by atoms with Gasteiger partial charge < -0.3 is 14.2 Å². The minimum atomic E-state index is -1.39. The van der Waals surface area contributed by atoms with Gasteiger partial charge in [-0.05, 0) is 46.8 Å². The lowest BCUT2D eigenvalue weighted by atomic mass is 10.0. The Hall–Kier alpha value is -4.12. The fourth-order valence-corrected chi connectivity index (χ4v) is 3.95. The van der Waals surface area contributed by atoms with Crippen LogP contribution in [-0.4, -0.2) is 5.97 Å². The van der Waals surface area contributed by atoms with Crippen LogP contribution in [0.3, 0.4) is 0 Å². The number of rotatable bonds is 5. The molecule has 0 fully saturated rings. The van der Waals surface area contributed by atoms with Crippen LogP contribution >= 0.6 is 0 Å². The molecule has 1 aliphatic heterocycles. The second-order valence-corrected chi connectivity index (χ2v) is 7.98. The Morgan fingerprint density at radius 2 is 1.73 bits per heavy atom. The van der Waals surface area contributed by atoms with E-state index in [1.807, 2.05) is 48.5 Å². The summed E-state index contributed by atoms with van der Waals surface area (Å²) in [6, 6.07) is 22.9. The largest absolute Gasteiger partial charge is 0.487 e. The van der Waals surface area contributed by atoms with E-state index in [9.17, 15) is 9.18 Å². The zero-order valence-electron chi connectivity index (χ0n) is 18.0. The number of hydrogen-bond acceptors (Lipinski definition) is 4. The van der Waals surface area contributed by atoms with Crippen molar-refractivity contribution in [2.75, 3.05) is 0 Å². The first kappa shape index (κ1) is 20.8. The van der Waals surface area contributed by atoms with Crippen LogP contribution in [0.2, 0.25) is 0 Å². The molecular formula is C28H21FO4. The number of carbonyl (C=O) groups excluding carboxylic acids is 1. The lowest BCUT2D eigenvalue weighted by Crippen LogP contribution is -2.39. The summed E-state index contributed by atoms with van der Waals surface area (Å²) in [6.07, 6.45) is 1.77. The predicted molar refractivity (Wildman–Crippen MR) is 125 cm³/mol. The van der Waals surface area contributed by atoms with Gasteiger partial charge in [0.1, 0.15) is 29.5 Å². The number of fused-ring (bicyclic) bond motifs is 2. The molecule has 0 saturated carbocycles. The van der Waals surface area contributed by atoms with Crippen LogP contribution in [-0.2, 0) is 17.1 Å². The maximum Gasteiger partial charge on any atom is 0.349 e. The van der Waals surface area contributed by atoms with E-state index in [1.54, 1.807) is 31.2 Å². The van der Waals surface area contributed by atoms with Crippen LogP contribution in [0.15, 0.2) is 85.4 Å². The summed E-state index contributed by atoms with van der Waals surface area (Å²) < 4.78 is 31.5. The molecule has 0 radical (unpaired) electrons. The Labute approximate surface area is 190 Å². The summed E-state index contributed by atoms with van der Waals surface area (Å²) in [5.74, 6) is -1.58. The van der Waals surface area contributed by atoms with E-state index in [-0.39, 0.29) is 18.0 Å². The highest BCUT2D eigenvalue weighted by Crippen LogP contribution is 2.45. The molecule has 0 saturated heterocycles. The van der Waals surface area contributed by atoms with Crippen molar-refractivity contribution in [1.82, 2.24) is 0 Å². The van der Waals surface area contributed by atoms with E-state index in [4.69, 9.17) is 14.2 Å². The number of halogens is 1. The van der Waals surface area contributed by atoms with Crippen molar-refractivity contribution in [3.05, 3.63) is 114 Å². The van der Waals surface area contributed by atoms with Crippen molar-refractivity contribution in [2.24, 2.45) is 0 Å². The molecule has 164 valence electrons. The van der Waals surface area contributed by atoms with Gasteiger partial charge in [0.15, 0.2) is 0 Å². The smallest absolute Gasteiger partial charge is 0.349 e. The lowest BCUT2D eigenvalue weighted by molar-refractivity contribution is -0.148. The Balaban J connectivity index is 1.56. The van der Waals surface area contributed by atoms with Gasteiger partial charge >= 0.3 is 5.97 Å². The lowest BCUT2D eigenvalue weighted by Gasteiger charge is -2.35. The normalized spacial score (nSPS) is 17.1. The van der Waals surface area contributed by atoms with E-state index in [0.29, 0.717) is 17.1 Å². The summed E-state index contributed by atoms with van der Waals surface area (Å²) in [5.41, 5.74) is 2.72. The molecule has 1 atom stereocenters. The number of esters is 1. The van der Waals surface area contributed by atoms with Crippen molar-refractivity contribution in [3.63, 3.8) is 0 Å². The summed E-state index contributed by atoms with van der Waals surface area (Å²) in [7, 11) is 0. The highest BCUT2D eigenvalue weighted by Gasteiger charge is 2.42. The van der Waals surface area contributed by atoms with Crippen molar-refractivity contribution >= 4 is 22.8 Å². The van der Waals surface area contributed by atoms with Gasteiger partial charge in [0, 0.05) is 17.9 Å². The third-order valence-corrected chi connectivity index (χ3v) is 5.73. The molecule has 0 aliphatic carbocycles. The third-order valence-electron chi connectivity index (χ3n) is 5.73. The summed E-state index contributed by atoms with van der Waals surface area (Å²) in [6.45, 7) is 5.67. The van der Waals surface area contributed by atoms with Crippen molar-refractivity contribution in [1.29, 1.82) is 0 Å². The Bertz CT molecular complexity index is 1360. The topological polar surface area (TPSA) is 44.8 Å². The average Bonchev–Trinajstić information content (AvgIpc) is 2.82. The van der Waals surface area contributed by atoms with Crippen molar-refractivity contribution in [3.8, 4) is 11.5 Å². The molecule has 0 spiro atoms. The van der Waals surface area contributed by atoms with Crippen LogP contribution in [0.1, 0.15) is 34.0 Å². The van der Waals surface area contributed by atoms with Crippen molar-refractivity contribution < 1.29 is 23.4 Å². The molecule has 0 amide bonds. The van der Waals surface area contributed by atoms with E-state index >= 15 is 0 Å². The van der Waals surface area contributed by atoms with Crippen LogP contribution < -0.4 is 9.47 Å². The third kappa shape index (κ3) is 3.82. The minimum absolute atomic E-state index is 0.232. The molecule has 33 heavy (non-hydrogen) atoms. The first-order chi connectivity index (χ1) is 16.0. The first-order valence-electron chi connectivity index (χ1n) is 10.6. The van der Waals surface area contributed by atoms with Crippen LogP contribution in [0.4, 0.5) is 4.39 Å². The fraction of sp³-hybridized carbons (Fsp3) is 0.107. The van der Waals surface area contributed by atoms with Gasteiger partial charge in [-0.2, -0.15) is 0 Å². The molecule has 1 heterocycles. The number of hydrogen-bond donors (Lipinski definition) is 0. The number of carbonyl (C=O) groups is 1. The molecule has 4 aromatic rings. The van der Waals surface area contributed by atoms with Crippen LogP contribution in [0, 0.1) is 5.82 Å². The molecule has 1 unspecified atom stereocenters. The zero-order valence-corrected chi connectivity index (χ0v) is 18.0. The molecule has 1 aliphatic rings. The molecule has 0 aromatic heterocycles. The highest BCUT2D eigenvalue weighted by molar-refractivity contribution is 6.05. The first-order valence-corrected chi connectivity index (χ1v) is 10.6. The van der Waals surface area contributed by atoms with E-state index in [0.717, 1.165) is 21.9 Å². The monoisotopic (exact) mass is 440 g/mol. The molecule has 4 nitrogen and oxygen atoms in total. The number of cyclic esters (lactones) is 1. The van der Waals surface area contributed by atoms with Gasteiger partial charge in [-0.25, -0.2) is 9.18 Å². The van der Waals surface area contributed by atoms with E-state index < -0.39 is 11.8 Å². The zero-order chi connectivity index (χ0) is 23.0. The van der Waals surface area contributed by atoms with Gasteiger partial charge in [0.2, 0.25) is 0 Å². The second-order valence-electron chi connectivity index (χ2n) is 7.98. The van der Waals surface area contributed by atoms with Crippen LogP contribution in [0.25, 0.3) is 16.8 Å². The molecular weight excluding hydrogens is 419 g/mol. The van der Waals surface area contributed by atoms with Crippen molar-refractivity contribution in [2.45, 2.75) is 19.3 Å². The minimum Gasteiger partial charge on any atom is -0.487 e. The summed E-state index contributed by atoms with van der Waals surface area (Å²) in [5, 5.41) is 1.65. The highest BCUT2D eigenvalue weighted by atomic mass is 19.1. The summed E-state index contributed by atoms with van der Waals surface area (Å²) in [4.78, 5) is 13.2. The molecule has 0 N–H and O–H groups in total. The Kier molecular flexibility index (Phi) is 5.09. The number of benzene rings is 4. The van der Waals surface area contributed by atoms with E-state index in [1.165, 1.54) is 12.1 Å². The average molecular weight is 440 g/mol. The fourth-order valence-electron chi connectivity index (χ4n) is 3.95. The SMILES string of the molecule is C=Cc1ccc(COc2c3c(cc4ccccc24)OC(C)(c2ccc(F)cc2)OC3=O)cc1. The van der Waals surface area contributed by atoms with E-state index in [2.05, 4.69) is 6.58 Å². The molecule has 0 bridgehead atoms. The summed E-state index contributed by atoms with van der Waals surface area (Å²) >= 11 is 0. The van der Waals surface area contributed by atoms with Gasteiger partial charge in [-0.1, -0.05) is 61.2 Å². The Morgan fingerprint density at radius 3 is 2.45 bits per heavy atom. The molecule has 5 heteroatoms. The van der Waals surface area contributed by atoms with Gasteiger partial charge in [-0.3, -0.25) is 0 Å². The quantitative estimate of drug-likeness (QED) is 0.327. The van der Waals surface area contributed by atoms with Gasteiger partial charge in [0.05, 0.1) is 0 Å². The predicted octanol–water partition coefficient (Wildman–Crippen LogP) is 6.62. The second kappa shape index (κ2) is 8.10. The standard InChI is InChI=1S/C28H21FO4/c1-3-18-8-10-19(11-9-18)17-31-26-23-7-5-4-6-20(23)16-24-25(26)27(30)33-28(2,32-24)21-12-14-22(29)15-13-21/h3-16H,1,17H2,2H3. The maximum atomic E-state index is 13.4. The van der Waals surface area contributed by atoms with Gasteiger partial charge in [-0.15, -0.1) is 0 Å². The number of ether oxygens (including phenoxy) is 3.